The highest BCUT2D eigenvalue weighted by molar-refractivity contribution is 6.25. The molecule has 0 aliphatic rings. The summed E-state index contributed by atoms with van der Waals surface area (Å²) in [5.74, 6) is 0.607. The summed E-state index contributed by atoms with van der Waals surface area (Å²) in [7, 11) is 1.61. The van der Waals surface area contributed by atoms with Gasteiger partial charge in [0.2, 0.25) is 5.78 Å². The van der Waals surface area contributed by atoms with E-state index in [9.17, 15) is 4.79 Å². The van der Waals surface area contributed by atoms with Crippen molar-refractivity contribution in [1.29, 1.82) is 0 Å². The summed E-state index contributed by atoms with van der Waals surface area (Å²) >= 11 is 0. The van der Waals surface area contributed by atoms with Gasteiger partial charge in [-0.25, -0.2) is 0 Å². The van der Waals surface area contributed by atoms with Crippen molar-refractivity contribution in [2.75, 3.05) is 7.11 Å². The molecule has 0 radical (unpaired) electrons. The number of nitrogens with zero attached hydrogens (tertiary/aromatic N) is 2. The second kappa shape index (κ2) is 5.73. The number of ether oxygens (including phenoxy) is 1. The fraction of sp³-hybridized carbons (Fsp3) is 0.273. The van der Waals surface area contributed by atoms with Gasteiger partial charge in [0.25, 0.3) is 0 Å². The lowest BCUT2D eigenvalue weighted by Crippen LogP contribution is -2.01. The van der Waals surface area contributed by atoms with Crippen molar-refractivity contribution in [1.82, 2.24) is 0 Å². The van der Waals surface area contributed by atoms with E-state index >= 15 is 0 Å². The van der Waals surface area contributed by atoms with Crippen LogP contribution in [-0.4, -0.2) is 23.9 Å². The first-order chi connectivity index (χ1) is 7.26. The molecule has 0 unspecified atom stereocenters. The SMILES string of the molecule is COc1ccc(CCC(=O)C=[N+]=[N-])cc1. The van der Waals surface area contributed by atoms with Crippen LogP contribution in [0.5, 0.6) is 5.75 Å². The van der Waals surface area contributed by atoms with Gasteiger partial charge >= 0.3 is 6.21 Å². The summed E-state index contributed by atoms with van der Waals surface area (Å²) in [6.07, 6.45) is 1.90. The fourth-order valence-electron chi connectivity index (χ4n) is 1.19. The van der Waals surface area contributed by atoms with Gasteiger partial charge in [-0.15, -0.1) is 0 Å². The minimum absolute atomic E-state index is 0.187. The monoisotopic (exact) mass is 204 g/mol. The number of carbonyl (C=O) groups is 1. The minimum atomic E-state index is -0.187. The largest absolute Gasteiger partial charge is 0.497 e. The Labute approximate surface area is 88.1 Å². The van der Waals surface area contributed by atoms with Gasteiger partial charge in [-0.3, -0.25) is 4.79 Å². The Morgan fingerprint density at radius 1 is 1.47 bits per heavy atom. The van der Waals surface area contributed by atoms with Gasteiger partial charge in [0.15, 0.2) is 0 Å². The third kappa shape index (κ3) is 3.75. The molecule has 4 heteroatoms. The van der Waals surface area contributed by atoms with Gasteiger partial charge in [-0.05, 0) is 24.1 Å². The van der Waals surface area contributed by atoms with E-state index in [1.165, 1.54) is 0 Å². The van der Waals surface area contributed by atoms with Gasteiger partial charge in [0.1, 0.15) is 5.75 Å². The standard InChI is InChI=1S/C11H12N2O2/c1-15-11-6-3-9(4-7-11)2-5-10(14)8-13-12/h3-4,6-8H,2,5H2,1H3. The molecule has 0 bridgehead atoms. The Kier molecular flexibility index (Phi) is 4.26. The molecule has 0 amide bonds. The number of Topliss-reactive ketones (excluding diaryl/α,β-unsaturated/α-hetero) is 1. The zero-order chi connectivity index (χ0) is 11.1. The molecule has 0 heterocycles. The highest BCUT2D eigenvalue weighted by Crippen LogP contribution is 2.12. The normalized spacial score (nSPS) is 9.13. The van der Waals surface area contributed by atoms with E-state index in [0.717, 1.165) is 17.5 Å². The smallest absolute Gasteiger partial charge is 0.323 e. The number of rotatable bonds is 5. The van der Waals surface area contributed by atoms with Crippen molar-refractivity contribution < 1.29 is 14.3 Å². The molecule has 0 spiro atoms. The Hall–Kier alpha value is -1.93. The third-order valence-corrected chi connectivity index (χ3v) is 2.02. The quantitative estimate of drug-likeness (QED) is 0.414. The number of methoxy groups -OCH3 is 1. The zero-order valence-corrected chi connectivity index (χ0v) is 8.51. The number of benzene rings is 1. The lowest BCUT2D eigenvalue weighted by Gasteiger charge is -2.01. The first-order valence-electron chi connectivity index (χ1n) is 4.59. The zero-order valence-electron chi connectivity index (χ0n) is 8.51. The lowest BCUT2D eigenvalue weighted by molar-refractivity contribution is -0.116. The average Bonchev–Trinajstić information content (AvgIpc) is 2.27. The molecule has 4 nitrogen and oxygen atoms in total. The van der Waals surface area contributed by atoms with Gasteiger partial charge in [-0.1, -0.05) is 12.1 Å². The molecular weight excluding hydrogens is 192 g/mol. The van der Waals surface area contributed by atoms with Crippen molar-refractivity contribution in [2.45, 2.75) is 12.8 Å². The van der Waals surface area contributed by atoms with Crippen LogP contribution in [0.2, 0.25) is 0 Å². The summed E-state index contributed by atoms with van der Waals surface area (Å²) in [5, 5.41) is 0. The molecule has 1 aromatic carbocycles. The first-order valence-corrected chi connectivity index (χ1v) is 4.59. The summed E-state index contributed by atoms with van der Waals surface area (Å²) in [4.78, 5) is 13.7. The van der Waals surface area contributed by atoms with Crippen LogP contribution in [0.25, 0.3) is 5.53 Å². The number of carbonyl (C=O) groups excluding carboxylic acids is 1. The van der Waals surface area contributed by atoms with E-state index in [1.807, 2.05) is 24.3 Å². The van der Waals surface area contributed by atoms with Crippen LogP contribution in [0.3, 0.4) is 0 Å². The van der Waals surface area contributed by atoms with E-state index in [1.54, 1.807) is 7.11 Å². The van der Waals surface area contributed by atoms with Crippen molar-refractivity contribution in [3.63, 3.8) is 0 Å². The Bertz CT molecular complexity index is 378. The predicted octanol–water partition coefficient (Wildman–Crippen LogP) is 1.50. The van der Waals surface area contributed by atoms with Crippen molar-refractivity contribution in [3.05, 3.63) is 35.4 Å². The first kappa shape index (κ1) is 11.1. The van der Waals surface area contributed by atoms with Crippen LogP contribution in [0.4, 0.5) is 0 Å². The molecule has 0 N–H and O–H groups in total. The highest BCUT2D eigenvalue weighted by atomic mass is 16.5. The average molecular weight is 204 g/mol. The lowest BCUT2D eigenvalue weighted by atomic mass is 10.1. The summed E-state index contributed by atoms with van der Waals surface area (Å²) < 4.78 is 5.01. The second-order valence-corrected chi connectivity index (χ2v) is 3.06. The van der Waals surface area contributed by atoms with E-state index < -0.39 is 0 Å². The molecule has 78 valence electrons. The van der Waals surface area contributed by atoms with Gasteiger partial charge in [-0.2, -0.15) is 4.79 Å². The van der Waals surface area contributed by atoms with Crippen molar-refractivity contribution >= 4 is 12.0 Å². The number of aryl methyl sites for hydroxylation is 1. The molecule has 0 saturated carbocycles. The molecule has 1 rings (SSSR count). The summed E-state index contributed by atoms with van der Waals surface area (Å²) in [5.41, 5.74) is 9.19. The molecule has 0 fully saturated rings. The van der Waals surface area contributed by atoms with E-state index in [4.69, 9.17) is 10.3 Å². The minimum Gasteiger partial charge on any atom is -0.497 e. The second-order valence-electron chi connectivity index (χ2n) is 3.06. The molecule has 0 atom stereocenters. The van der Waals surface area contributed by atoms with Gasteiger partial charge < -0.3 is 10.3 Å². The number of hydrogen-bond acceptors (Lipinski definition) is 2. The van der Waals surface area contributed by atoms with E-state index in [2.05, 4.69) is 4.79 Å². The Balaban J connectivity index is 2.51. The Morgan fingerprint density at radius 2 is 2.13 bits per heavy atom. The highest BCUT2D eigenvalue weighted by Gasteiger charge is 2.03. The number of hydrogen-bond donors (Lipinski definition) is 0. The molecular formula is C11H12N2O2. The molecule has 0 aliphatic heterocycles. The van der Waals surface area contributed by atoms with Gasteiger partial charge in [0, 0.05) is 6.42 Å². The third-order valence-electron chi connectivity index (χ3n) is 2.02. The maximum atomic E-state index is 11.0. The van der Waals surface area contributed by atoms with Crippen LogP contribution >= 0.6 is 0 Å². The number of ketones is 1. The van der Waals surface area contributed by atoms with Crippen molar-refractivity contribution in [2.24, 2.45) is 0 Å². The van der Waals surface area contributed by atoms with Crippen LogP contribution in [0.15, 0.2) is 24.3 Å². The fourth-order valence-corrected chi connectivity index (χ4v) is 1.19. The van der Waals surface area contributed by atoms with Gasteiger partial charge in [0.05, 0.1) is 7.11 Å². The maximum Gasteiger partial charge on any atom is 0.323 e. The van der Waals surface area contributed by atoms with Crippen LogP contribution in [-0.2, 0) is 11.2 Å². The predicted molar refractivity (Wildman–Crippen MR) is 56.0 cm³/mol. The van der Waals surface area contributed by atoms with Crippen LogP contribution in [0.1, 0.15) is 12.0 Å². The molecule has 1 aromatic rings. The molecule has 0 saturated heterocycles. The molecule has 0 aliphatic carbocycles. The molecule has 15 heavy (non-hydrogen) atoms. The van der Waals surface area contributed by atoms with Crippen LogP contribution < -0.4 is 4.74 Å². The summed E-state index contributed by atoms with van der Waals surface area (Å²) in [6.45, 7) is 0. The topological polar surface area (TPSA) is 62.7 Å². The molecule has 0 aromatic heterocycles. The van der Waals surface area contributed by atoms with Crippen molar-refractivity contribution in [3.8, 4) is 5.75 Å². The summed E-state index contributed by atoms with van der Waals surface area (Å²) in [6, 6.07) is 7.50. The van der Waals surface area contributed by atoms with E-state index in [-0.39, 0.29) is 5.78 Å². The Morgan fingerprint density at radius 3 is 2.67 bits per heavy atom. The maximum absolute atomic E-state index is 11.0. The van der Waals surface area contributed by atoms with E-state index in [0.29, 0.717) is 12.8 Å². The van der Waals surface area contributed by atoms with Crippen LogP contribution in [0, 0.1) is 0 Å².